The third-order valence-corrected chi connectivity index (χ3v) is 4.21. The van der Waals surface area contributed by atoms with Gasteiger partial charge in [0.15, 0.2) is 0 Å². The van der Waals surface area contributed by atoms with E-state index >= 15 is 0 Å². The van der Waals surface area contributed by atoms with Crippen LogP contribution in [-0.2, 0) is 13.6 Å². The number of hydrogen-bond acceptors (Lipinski definition) is 3. The van der Waals surface area contributed by atoms with Crippen molar-refractivity contribution in [2.75, 3.05) is 19.6 Å². The van der Waals surface area contributed by atoms with Gasteiger partial charge in [0.1, 0.15) is 0 Å². The van der Waals surface area contributed by atoms with Gasteiger partial charge in [0, 0.05) is 56.6 Å². The Balaban J connectivity index is 1.88. The van der Waals surface area contributed by atoms with E-state index in [1.807, 2.05) is 36.0 Å². The number of hydrogen-bond donors (Lipinski definition) is 1. The summed E-state index contributed by atoms with van der Waals surface area (Å²) in [6.45, 7) is 6.33. The minimum Gasteiger partial charge on any atom is -0.312 e. The van der Waals surface area contributed by atoms with Crippen molar-refractivity contribution in [3.8, 4) is 11.3 Å². The maximum absolute atomic E-state index is 6.33. The van der Waals surface area contributed by atoms with Crippen LogP contribution in [0.1, 0.15) is 12.5 Å². The number of halogens is 1. The molecular formula is C16H21ClN4. The second-order valence-corrected chi connectivity index (χ2v) is 6.15. The molecule has 1 atom stereocenters. The van der Waals surface area contributed by atoms with E-state index in [-0.39, 0.29) is 0 Å². The molecule has 0 spiro atoms. The summed E-state index contributed by atoms with van der Waals surface area (Å²) in [6, 6.07) is 8.45. The Morgan fingerprint density at radius 2 is 2.19 bits per heavy atom. The van der Waals surface area contributed by atoms with E-state index in [9.17, 15) is 0 Å². The zero-order valence-electron chi connectivity index (χ0n) is 12.5. The lowest BCUT2D eigenvalue weighted by Crippen LogP contribution is -2.48. The molecule has 0 unspecified atom stereocenters. The molecule has 0 saturated carbocycles. The Hall–Kier alpha value is -1.36. The van der Waals surface area contributed by atoms with Crippen LogP contribution in [0.5, 0.6) is 0 Å². The topological polar surface area (TPSA) is 33.1 Å². The van der Waals surface area contributed by atoms with Crippen LogP contribution in [0.15, 0.2) is 30.5 Å². The van der Waals surface area contributed by atoms with Crippen LogP contribution in [0.3, 0.4) is 0 Å². The average Bonchev–Trinajstić information content (AvgIpc) is 2.80. The summed E-state index contributed by atoms with van der Waals surface area (Å²) in [7, 11) is 1.96. The van der Waals surface area contributed by atoms with Gasteiger partial charge in [-0.1, -0.05) is 29.8 Å². The molecule has 2 heterocycles. The van der Waals surface area contributed by atoms with Crippen molar-refractivity contribution in [2.45, 2.75) is 19.5 Å². The van der Waals surface area contributed by atoms with Gasteiger partial charge in [-0.2, -0.15) is 5.10 Å². The van der Waals surface area contributed by atoms with Crippen molar-refractivity contribution in [3.05, 3.63) is 41.0 Å². The summed E-state index contributed by atoms with van der Waals surface area (Å²) < 4.78 is 1.87. The van der Waals surface area contributed by atoms with Gasteiger partial charge in [-0.15, -0.1) is 0 Å². The first kappa shape index (κ1) is 14.6. The predicted molar refractivity (Wildman–Crippen MR) is 86.4 cm³/mol. The lowest BCUT2D eigenvalue weighted by atomic mass is 10.1. The predicted octanol–water partition coefficient (Wildman–Crippen LogP) is 2.53. The monoisotopic (exact) mass is 304 g/mol. The van der Waals surface area contributed by atoms with E-state index in [1.54, 1.807) is 0 Å². The quantitative estimate of drug-likeness (QED) is 0.946. The molecule has 0 amide bonds. The molecule has 4 nitrogen and oxygen atoms in total. The number of nitrogens with one attached hydrogen (secondary N) is 1. The number of aryl methyl sites for hydroxylation is 1. The lowest BCUT2D eigenvalue weighted by Gasteiger charge is -2.31. The summed E-state index contributed by atoms with van der Waals surface area (Å²) in [6.07, 6.45) is 2.10. The van der Waals surface area contributed by atoms with Crippen LogP contribution in [0, 0.1) is 0 Å². The second kappa shape index (κ2) is 6.18. The van der Waals surface area contributed by atoms with Crippen molar-refractivity contribution in [1.82, 2.24) is 20.0 Å². The van der Waals surface area contributed by atoms with Crippen LogP contribution >= 0.6 is 11.6 Å². The molecule has 0 aliphatic carbocycles. The standard InChI is InChI=1S/C16H21ClN4/c1-12-9-21(8-7-18-12)11-13-10-20(2)19-16(13)14-5-3-4-6-15(14)17/h3-6,10,12,18H,7-9,11H2,1-2H3/t12-/m1/s1. The molecule has 1 aliphatic rings. The van der Waals surface area contributed by atoms with E-state index in [0.717, 1.165) is 42.5 Å². The highest BCUT2D eigenvalue weighted by Crippen LogP contribution is 2.29. The van der Waals surface area contributed by atoms with E-state index in [0.29, 0.717) is 6.04 Å². The van der Waals surface area contributed by atoms with Crippen LogP contribution in [0.2, 0.25) is 5.02 Å². The fourth-order valence-corrected chi connectivity index (χ4v) is 3.16. The Morgan fingerprint density at radius 3 is 2.95 bits per heavy atom. The van der Waals surface area contributed by atoms with Gasteiger partial charge in [0.05, 0.1) is 10.7 Å². The first-order valence-electron chi connectivity index (χ1n) is 7.36. The molecule has 1 N–H and O–H groups in total. The van der Waals surface area contributed by atoms with Crippen LogP contribution in [-0.4, -0.2) is 40.4 Å². The lowest BCUT2D eigenvalue weighted by molar-refractivity contribution is 0.200. The molecule has 21 heavy (non-hydrogen) atoms. The third kappa shape index (κ3) is 3.28. The average molecular weight is 305 g/mol. The molecule has 1 fully saturated rings. The molecule has 3 rings (SSSR count). The molecule has 1 aromatic heterocycles. The smallest absolute Gasteiger partial charge is 0.0983 e. The van der Waals surface area contributed by atoms with Gasteiger partial charge >= 0.3 is 0 Å². The van der Waals surface area contributed by atoms with Crippen molar-refractivity contribution in [2.24, 2.45) is 7.05 Å². The molecular weight excluding hydrogens is 284 g/mol. The fourth-order valence-electron chi connectivity index (χ4n) is 2.93. The van der Waals surface area contributed by atoms with Gasteiger partial charge in [0.25, 0.3) is 0 Å². The van der Waals surface area contributed by atoms with E-state index < -0.39 is 0 Å². The Labute approximate surface area is 130 Å². The van der Waals surface area contributed by atoms with Gasteiger partial charge < -0.3 is 5.32 Å². The number of nitrogens with zero attached hydrogens (tertiary/aromatic N) is 3. The van der Waals surface area contributed by atoms with Crippen molar-refractivity contribution < 1.29 is 0 Å². The van der Waals surface area contributed by atoms with Crippen LogP contribution < -0.4 is 5.32 Å². The Morgan fingerprint density at radius 1 is 1.38 bits per heavy atom. The molecule has 112 valence electrons. The van der Waals surface area contributed by atoms with Crippen LogP contribution in [0.4, 0.5) is 0 Å². The zero-order valence-corrected chi connectivity index (χ0v) is 13.3. The minimum absolute atomic E-state index is 0.541. The highest BCUT2D eigenvalue weighted by atomic mass is 35.5. The summed E-state index contributed by atoms with van der Waals surface area (Å²) in [4.78, 5) is 2.47. The van der Waals surface area contributed by atoms with E-state index in [4.69, 9.17) is 11.6 Å². The van der Waals surface area contributed by atoms with Crippen molar-refractivity contribution >= 4 is 11.6 Å². The third-order valence-electron chi connectivity index (χ3n) is 3.88. The van der Waals surface area contributed by atoms with E-state index in [2.05, 4.69) is 28.4 Å². The number of benzene rings is 1. The number of piperazine rings is 1. The molecule has 0 radical (unpaired) electrons. The van der Waals surface area contributed by atoms with E-state index in [1.165, 1.54) is 5.56 Å². The Kier molecular flexibility index (Phi) is 4.29. The van der Waals surface area contributed by atoms with Gasteiger partial charge in [-0.05, 0) is 13.0 Å². The molecule has 1 saturated heterocycles. The SMILES string of the molecule is C[C@@H]1CN(Cc2cn(C)nc2-c2ccccc2Cl)CCN1. The number of rotatable bonds is 3. The van der Waals surface area contributed by atoms with Crippen molar-refractivity contribution in [3.63, 3.8) is 0 Å². The first-order chi connectivity index (χ1) is 10.1. The summed E-state index contributed by atoms with van der Waals surface area (Å²) in [5, 5.41) is 8.85. The highest BCUT2D eigenvalue weighted by Gasteiger charge is 2.19. The molecule has 2 aromatic rings. The molecule has 1 aliphatic heterocycles. The molecule has 5 heteroatoms. The summed E-state index contributed by atoms with van der Waals surface area (Å²) in [5.41, 5.74) is 3.24. The maximum Gasteiger partial charge on any atom is 0.0983 e. The maximum atomic E-state index is 6.33. The van der Waals surface area contributed by atoms with Crippen molar-refractivity contribution in [1.29, 1.82) is 0 Å². The normalized spacial score (nSPS) is 19.9. The number of aromatic nitrogens is 2. The van der Waals surface area contributed by atoms with Gasteiger partial charge in [-0.25, -0.2) is 0 Å². The molecule has 0 bridgehead atoms. The second-order valence-electron chi connectivity index (χ2n) is 5.75. The molecule has 1 aromatic carbocycles. The first-order valence-corrected chi connectivity index (χ1v) is 7.74. The Bertz CT molecular complexity index is 622. The van der Waals surface area contributed by atoms with Gasteiger partial charge in [0.2, 0.25) is 0 Å². The minimum atomic E-state index is 0.541. The van der Waals surface area contributed by atoms with Gasteiger partial charge in [-0.3, -0.25) is 9.58 Å². The largest absolute Gasteiger partial charge is 0.312 e. The summed E-state index contributed by atoms with van der Waals surface area (Å²) in [5.74, 6) is 0. The fraction of sp³-hybridized carbons (Fsp3) is 0.438. The summed E-state index contributed by atoms with van der Waals surface area (Å²) >= 11 is 6.33. The highest BCUT2D eigenvalue weighted by molar-refractivity contribution is 6.33. The zero-order chi connectivity index (χ0) is 14.8. The van der Waals surface area contributed by atoms with Crippen LogP contribution in [0.25, 0.3) is 11.3 Å².